The van der Waals surface area contributed by atoms with Gasteiger partial charge in [0.25, 0.3) is 0 Å². The highest BCUT2D eigenvalue weighted by Gasteiger charge is 2.30. The van der Waals surface area contributed by atoms with Gasteiger partial charge in [0.1, 0.15) is 12.4 Å². The summed E-state index contributed by atoms with van der Waals surface area (Å²) in [5, 5.41) is 0. The second-order valence-electron chi connectivity index (χ2n) is 7.68. The summed E-state index contributed by atoms with van der Waals surface area (Å²) >= 11 is 0. The lowest BCUT2D eigenvalue weighted by molar-refractivity contribution is -0.137. The molecule has 0 aliphatic carbocycles. The monoisotopic (exact) mass is 443 g/mol. The maximum Gasteiger partial charge on any atom is 0.416 e. The lowest BCUT2D eigenvalue weighted by atomic mass is 9.90. The summed E-state index contributed by atoms with van der Waals surface area (Å²) in [6.07, 6.45) is -4.42. The Morgan fingerprint density at radius 3 is 2.31 bits per heavy atom. The number of methoxy groups -OCH3 is 1. The van der Waals surface area contributed by atoms with Gasteiger partial charge in [0.15, 0.2) is 0 Å². The van der Waals surface area contributed by atoms with Gasteiger partial charge in [0.2, 0.25) is 0 Å². The zero-order chi connectivity index (χ0) is 23.5. The fraction of sp³-hybridized carbons (Fsp3) is 0.240. The third-order valence-corrected chi connectivity index (χ3v) is 5.08. The van der Waals surface area contributed by atoms with Crippen molar-refractivity contribution in [1.29, 1.82) is 0 Å². The first-order chi connectivity index (χ1) is 15.1. The molecule has 4 nitrogen and oxygen atoms in total. The SMILES string of the molecule is COC(=O)c1cc(-c2ccc(COc3cccc(C(F)(F)F)c3)cc2)c(C(C)C)cc1N. The fourth-order valence-corrected chi connectivity index (χ4v) is 3.36. The van der Waals surface area contributed by atoms with Crippen LogP contribution < -0.4 is 10.5 Å². The van der Waals surface area contributed by atoms with Crippen molar-refractivity contribution in [3.8, 4) is 16.9 Å². The molecule has 0 aromatic heterocycles. The van der Waals surface area contributed by atoms with Gasteiger partial charge in [-0.1, -0.05) is 44.2 Å². The Morgan fingerprint density at radius 1 is 1.03 bits per heavy atom. The van der Waals surface area contributed by atoms with E-state index < -0.39 is 17.7 Å². The highest BCUT2D eigenvalue weighted by atomic mass is 19.4. The molecule has 2 N–H and O–H groups in total. The normalized spacial score (nSPS) is 11.5. The molecule has 0 saturated heterocycles. The summed E-state index contributed by atoms with van der Waals surface area (Å²) in [5.74, 6) is -0.194. The molecule has 168 valence electrons. The lowest BCUT2D eigenvalue weighted by Gasteiger charge is -2.17. The molecule has 0 saturated carbocycles. The van der Waals surface area contributed by atoms with Gasteiger partial charge < -0.3 is 15.2 Å². The van der Waals surface area contributed by atoms with Crippen LogP contribution in [0.1, 0.15) is 46.8 Å². The van der Waals surface area contributed by atoms with E-state index >= 15 is 0 Å². The predicted molar refractivity (Wildman–Crippen MR) is 117 cm³/mol. The van der Waals surface area contributed by atoms with Crippen molar-refractivity contribution in [1.82, 2.24) is 0 Å². The van der Waals surface area contributed by atoms with E-state index in [2.05, 4.69) is 0 Å². The third kappa shape index (κ3) is 5.22. The Hall–Kier alpha value is -3.48. The maximum absolute atomic E-state index is 12.9. The van der Waals surface area contributed by atoms with E-state index in [1.807, 2.05) is 38.1 Å². The van der Waals surface area contributed by atoms with E-state index in [4.69, 9.17) is 15.2 Å². The number of halogens is 3. The molecule has 0 bridgehead atoms. The summed E-state index contributed by atoms with van der Waals surface area (Å²) in [6.45, 7) is 4.19. The standard InChI is InChI=1S/C25H24F3NO3/c1-15(2)20-13-23(29)22(24(30)31-3)12-21(20)17-9-7-16(8-10-17)14-32-19-6-4-5-18(11-19)25(26,27)28/h4-13,15H,14,29H2,1-3H3. The van der Waals surface area contributed by atoms with Crippen LogP contribution >= 0.6 is 0 Å². The molecular formula is C25H24F3NO3. The summed E-state index contributed by atoms with van der Waals surface area (Å²) in [6, 6.07) is 15.7. The Labute approximate surface area is 184 Å². The van der Waals surface area contributed by atoms with E-state index in [-0.39, 0.29) is 18.3 Å². The van der Waals surface area contributed by atoms with Gasteiger partial charge in [-0.05, 0) is 58.5 Å². The van der Waals surface area contributed by atoms with E-state index in [0.29, 0.717) is 11.3 Å². The van der Waals surface area contributed by atoms with Crippen LogP contribution in [0.25, 0.3) is 11.1 Å². The van der Waals surface area contributed by atoms with Crippen LogP contribution in [0.2, 0.25) is 0 Å². The number of anilines is 1. The summed E-state index contributed by atoms with van der Waals surface area (Å²) < 4.78 is 48.9. The average Bonchev–Trinajstić information content (AvgIpc) is 2.77. The molecule has 0 fully saturated rings. The van der Waals surface area contributed by atoms with Crippen molar-refractivity contribution >= 4 is 11.7 Å². The number of alkyl halides is 3. The van der Waals surface area contributed by atoms with Crippen LogP contribution in [0.5, 0.6) is 5.75 Å². The summed E-state index contributed by atoms with van der Waals surface area (Å²) in [4.78, 5) is 12.1. The molecular weight excluding hydrogens is 419 g/mol. The predicted octanol–water partition coefficient (Wildman–Crippen LogP) is 6.44. The van der Waals surface area contributed by atoms with Crippen LogP contribution in [-0.4, -0.2) is 13.1 Å². The number of hydrogen-bond donors (Lipinski definition) is 1. The average molecular weight is 443 g/mol. The van der Waals surface area contributed by atoms with Gasteiger partial charge in [-0.2, -0.15) is 13.2 Å². The Bertz CT molecular complexity index is 1110. The molecule has 3 rings (SSSR count). The fourth-order valence-electron chi connectivity index (χ4n) is 3.36. The van der Waals surface area contributed by atoms with Crippen molar-refractivity contribution in [2.24, 2.45) is 0 Å². The van der Waals surface area contributed by atoms with Gasteiger partial charge in [-0.3, -0.25) is 0 Å². The van der Waals surface area contributed by atoms with Crippen molar-refractivity contribution in [3.05, 3.63) is 82.9 Å². The number of nitrogen functional groups attached to an aromatic ring is 1. The van der Waals surface area contributed by atoms with Gasteiger partial charge in [-0.15, -0.1) is 0 Å². The molecule has 7 heteroatoms. The van der Waals surface area contributed by atoms with Crippen molar-refractivity contribution in [2.75, 3.05) is 12.8 Å². The smallest absolute Gasteiger partial charge is 0.416 e. The van der Waals surface area contributed by atoms with Crippen LogP contribution in [0.3, 0.4) is 0 Å². The van der Waals surface area contributed by atoms with Crippen LogP contribution in [0.15, 0.2) is 60.7 Å². The van der Waals surface area contributed by atoms with Crippen LogP contribution in [0.4, 0.5) is 18.9 Å². The zero-order valence-corrected chi connectivity index (χ0v) is 18.0. The first-order valence-corrected chi connectivity index (χ1v) is 10.0. The maximum atomic E-state index is 12.9. The molecule has 0 spiro atoms. The lowest BCUT2D eigenvalue weighted by Crippen LogP contribution is -2.08. The van der Waals surface area contributed by atoms with Gasteiger partial charge in [-0.25, -0.2) is 4.79 Å². The molecule has 0 unspecified atom stereocenters. The Kier molecular flexibility index (Phi) is 6.77. The van der Waals surface area contributed by atoms with E-state index in [0.717, 1.165) is 34.4 Å². The summed E-state index contributed by atoms with van der Waals surface area (Å²) in [5.41, 5.74) is 9.47. The minimum Gasteiger partial charge on any atom is -0.489 e. The molecule has 3 aromatic rings. The quantitative estimate of drug-likeness (QED) is 0.352. The molecule has 0 amide bonds. The van der Waals surface area contributed by atoms with Crippen molar-refractivity contribution in [2.45, 2.75) is 32.5 Å². The first-order valence-electron chi connectivity index (χ1n) is 10.0. The number of carbonyl (C=O) groups excluding carboxylic acids is 1. The third-order valence-electron chi connectivity index (χ3n) is 5.08. The number of carbonyl (C=O) groups is 1. The van der Waals surface area contributed by atoms with E-state index in [1.165, 1.54) is 19.2 Å². The second-order valence-corrected chi connectivity index (χ2v) is 7.68. The van der Waals surface area contributed by atoms with Crippen LogP contribution in [0, 0.1) is 0 Å². The van der Waals surface area contributed by atoms with E-state index in [9.17, 15) is 18.0 Å². The van der Waals surface area contributed by atoms with Crippen LogP contribution in [-0.2, 0) is 17.5 Å². The van der Waals surface area contributed by atoms with Gasteiger partial charge >= 0.3 is 12.1 Å². The molecule has 0 heterocycles. The summed E-state index contributed by atoms with van der Waals surface area (Å²) in [7, 11) is 1.30. The molecule has 3 aromatic carbocycles. The number of rotatable bonds is 6. The first kappa shape index (κ1) is 23.2. The molecule has 0 aliphatic heterocycles. The number of hydrogen-bond acceptors (Lipinski definition) is 4. The number of ether oxygens (including phenoxy) is 2. The number of nitrogens with two attached hydrogens (primary N) is 1. The molecule has 0 atom stereocenters. The highest BCUT2D eigenvalue weighted by Crippen LogP contribution is 2.34. The van der Waals surface area contributed by atoms with Gasteiger partial charge in [0, 0.05) is 5.69 Å². The number of benzene rings is 3. The number of esters is 1. The minimum absolute atomic E-state index is 0.119. The van der Waals surface area contributed by atoms with Crippen molar-refractivity contribution < 1.29 is 27.4 Å². The molecule has 0 radical (unpaired) electrons. The van der Waals surface area contributed by atoms with Gasteiger partial charge in [0.05, 0.1) is 18.2 Å². The van der Waals surface area contributed by atoms with Crippen molar-refractivity contribution in [3.63, 3.8) is 0 Å². The highest BCUT2D eigenvalue weighted by molar-refractivity contribution is 5.97. The molecule has 0 aliphatic rings. The Morgan fingerprint density at radius 2 is 1.72 bits per heavy atom. The zero-order valence-electron chi connectivity index (χ0n) is 18.0. The minimum atomic E-state index is -4.42. The topological polar surface area (TPSA) is 61.5 Å². The Balaban J connectivity index is 1.83. The second kappa shape index (κ2) is 9.34. The largest absolute Gasteiger partial charge is 0.489 e. The van der Waals surface area contributed by atoms with E-state index in [1.54, 1.807) is 12.1 Å². The molecule has 32 heavy (non-hydrogen) atoms.